The minimum absolute atomic E-state index is 0.134. The van der Waals surface area contributed by atoms with Crippen molar-refractivity contribution in [3.8, 4) is 5.75 Å². The number of nitrogen functional groups attached to an aromatic ring is 1. The number of nitrogens with one attached hydrogen (secondary N) is 2. The minimum Gasteiger partial charge on any atom is -0.496 e. The summed E-state index contributed by atoms with van der Waals surface area (Å²) in [5.74, 6) is 0.395. The van der Waals surface area contributed by atoms with E-state index in [1.54, 1.807) is 7.11 Å². The number of nitrogens with two attached hydrogens (primary N) is 1. The van der Waals surface area contributed by atoms with Gasteiger partial charge in [-0.15, -0.1) is 0 Å². The lowest BCUT2D eigenvalue weighted by molar-refractivity contribution is 0.0937. The van der Waals surface area contributed by atoms with Gasteiger partial charge in [-0.2, -0.15) is 5.10 Å². The molecule has 2 aromatic carbocycles. The fraction of sp³-hybridized carbons (Fsp3) is 0.0952. The lowest BCUT2D eigenvalue weighted by Gasteiger charge is -2.21. The van der Waals surface area contributed by atoms with Gasteiger partial charge in [-0.1, -0.05) is 48.5 Å². The number of methoxy groups -OCH3 is 1. The first-order chi connectivity index (χ1) is 14.1. The van der Waals surface area contributed by atoms with Gasteiger partial charge in [0, 0.05) is 17.7 Å². The molecule has 8 nitrogen and oxygen atoms in total. The number of anilines is 1. The molecule has 2 heterocycles. The van der Waals surface area contributed by atoms with Crippen molar-refractivity contribution in [1.82, 2.24) is 19.9 Å². The Morgan fingerprint density at radius 2 is 1.86 bits per heavy atom. The lowest BCUT2D eigenvalue weighted by atomic mass is 9.97. The molecule has 4 rings (SSSR count). The van der Waals surface area contributed by atoms with E-state index in [-0.39, 0.29) is 17.1 Å². The molecular weight excluding hydrogens is 370 g/mol. The number of para-hydroxylation sites is 1. The number of carbonyl (C=O) groups is 1. The maximum absolute atomic E-state index is 13.0. The molecular formula is C21H19N5O3. The van der Waals surface area contributed by atoms with Gasteiger partial charge >= 0.3 is 0 Å². The Labute approximate surface area is 165 Å². The quantitative estimate of drug-likeness (QED) is 0.484. The smallest absolute Gasteiger partial charge is 0.272 e. The van der Waals surface area contributed by atoms with E-state index < -0.39 is 11.9 Å². The fourth-order valence-corrected chi connectivity index (χ4v) is 3.23. The van der Waals surface area contributed by atoms with Crippen LogP contribution in [0.4, 0.5) is 5.82 Å². The monoisotopic (exact) mass is 389 g/mol. The first-order valence-corrected chi connectivity index (χ1v) is 8.94. The van der Waals surface area contributed by atoms with Crippen LogP contribution in [0.2, 0.25) is 0 Å². The van der Waals surface area contributed by atoms with Crippen molar-refractivity contribution >= 4 is 17.4 Å². The van der Waals surface area contributed by atoms with Crippen LogP contribution in [0.5, 0.6) is 5.75 Å². The number of aromatic amines is 1. The van der Waals surface area contributed by atoms with E-state index in [0.717, 1.165) is 11.1 Å². The molecule has 0 saturated carbocycles. The van der Waals surface area contributed by atoms with Gasteiger partial charge in [0.2, 0.25) is 0 Å². The third-order valence-corrected chi connectivity index (χ3v) is 4.58. The number of ether oxygens (including phenoxy) is 1. The predicted octanol–water partition coefficient (Wildman–Crippen LogP) is 2.13. The van der Waals surface area contributed by atoms with Crippen LogP contribution >= 0.6 is 0 Å². The lowest BCUT2D eigenvalue weighted by Crippen LogP contribution is -2.30. The van der Waals surface area contributed by atoms with Crippen LogP contribution in [-0.2, 0) is 0 Å². The minimum atomic E-state index is -0.457. The van der Waals surface area contributed by atoms with Gasteiger partial charge in [0.25, 0.3) is 11.5 Å². The number of hydrogen-bond acceptors (Lipinski definition) is 5. The van der Waals surface area contributed by atoms with E-state index >= 15 is 0 Å². The molecule has 4 N–H and O–H groups in total. The zero-order valence-electron chi connectivity index (χ0n) is 15.6. The third kappa shape index (κ3) is 3.55. The van der Waals surface area contributed by atoms with Crippen molar-refractivity contribution in [3.05, 3.63) is 93.9 Å². The molecule has 0 aliphatic heterocycles. The van der Waals surface area contributed by atoms with Crippen LogP contribution in [-0.4, -0.2) is 27.6 Å². The van der Waals surface area contributed by atoms with Gasteiger partial charge in [0.1, 0.15) is 17.2 Å². The number of aromatic nitrogens is 3. The number of rotatable bonds is 5. The van der Waals surface area contributed by atoms with Gasteiger partial charge in [0.15, 0.2) is 5.69 Å². The first kappa shape index (κ1) is 18.3. The zero-order chi connectivity index (χ0) is 20.4. The fourth-order valence-electron chi connectivity index (χ4n) is 3.23. The van der Waals surface area contributed by atoms with Crippen LogP contribution < -0.4 is 21.3 Å². The maximum atomic E-state index is 13.0. The number of fused-ring (bicyclic) bond motifs is 1. The molecule has 0 radical (unpaired) electrons. The number of carbonyl (C=O) groups excluding carboxylic acids is 1. The first-order valence-electron chi connectivity index (χ1n) is 8.94. The number of hydrogen-bond donors (Lipinski definition) is 3. The summed E-state index contributed by atoms with van der Waals surface area (Å²) in [6, 6.07) is 19.3. The van der Waals surface area contributed by atoms with Crippen molar-refractivity contribution in [2.24, 2.45) is 0 Å². The van der Waals surface area contributed by atoms with Crippen LogP contribution in [0.1, 0.15) is 27.7 Å². The highest BCUT2D eigenvalue weighted by atomic mass is 16.5. The van der Waals surface area contributed by atoms with Crippen molar-refractivity contribution in [2.45, 2.75) is 6.04 Å². The van der Waals surface area contributed by atoms with E-state index in [0.29, 0.717) is 11.4 Å². The molecule has 1 atom stereocenters. The summed E-state index contributed by atoms with van der Waals surface area (Å²) in [6.07, 6.45) is 0. The van der Waals surface area contributed by atoms with Crippen molar-refractivity contribution in [2.75, 3.05) is 12.8 Å². The van der Waals surface area contributed by atoms with Gasteiger partial charge in [-0.25, -0.2) is 4.52 Å². The second kappa shape index (κ2) is 7.51. The van der Waals surface area contributed by atoms with Crippen LogP contribution in [0.15, 0.2) is 71.5 Å². The summed E-state index contributed by atoms with van der Waals surface area (Å²) >= 11 is 0. The van der Waals surface area contributed by atoms with Crippen molar-refractivity contribution in [1.29, 1.82) is 0 Å². The number of nitrogens with zero attached hydrogens (tertiary/aromatic N) is 2. The normalized spacial score (nSPS) is 11.9. The standard InChI is InChI=1S/C21H19N5O3/c1-29-16-10-6-5-9-14(16)20(13-7-3-2-4-8-13)24-21(28)15-11-18-23-19(27)12-17(22)26(18)25-15/h2-12,20H,22H2,1H3,(H,23,27)(H,24,28). The van der Waals surface area contributed by atoms with Crippen LogP contribution in [0.3, 0.4) is 0 Å². The Bertz CT molecular complexity index is 1230. The van der Waals surface area contributed by atoms with Crippen molar-refractivity contribution < 1.29 is 9.53 Å². The van der Waals surface area contributed by atoms with E-state index in [1.807, 2.05) is 54.6 Å². The Hall–Kier alpha value is -4.07. The third-order valence-electron chi connectivity index (χ3n) is 4.58. The molecule has 146 valence electrons. The molecule has 0 spiro atoms. The van der Waals surface area contributed by atoms with Crippen molar-refractivity contribution in [3.63, 3.8) is 0 Å². The molecule has 0 fully saturated rings. The van der Waals surface area contributed by atoms with Crippen LogP contribution in [0.25, 0.3) is 5.65 Å². The molecule has 2 aromatic heterocycles. The average molecular weight is 389 g/mol. The summed E-state index contributed by atoms with van der Waals surface area (Å²) in [5, 5.41) is 7.22. The van der Waals surface area contributed by atoms with Gasteiger partial charge in [-0.3, -0.25) is 9.59 Å². The molecule has 1 amide bonds. The summed E-state index contributed by atoms with van der Waals surface area (Å²) in [7, 11) is 1.59. The summed E-state index contributed by atoms with van der Waals surface area (Å²) in [5.41, 5.74) is 7.64. The molecule has 1 unspecified atom stereocenters. The maximum Gasteiger partial charge on any atom is 0.272 e. The number of H-pyrrole nitrogens is 1. The zero-order valence-corrected chi connectivity index (χ0v) is 15.6. The molecule has 0 saturated heterocycles. The SMILES string of the molecule is COc1ccccc1C(NC(=O)c1cc2[nH]c(=O)cc(N)n2n1)c1ccccc1. The average Bonchev–Trinajstić information content (AvgIpc) is 3.17. The van der Waals surface area contributed by atoms with E-state index in [1.165, 1.54) is 16.6 Å². The second-order valence-corrected chi connectivity index (χ2v) is 6.44. The van der Waals surface area contributed by atoms with Gasteiger partial charge < -0.3 is 20.8 Å². The van der Waals surface area contributed by atoms with Crippen LogP contribution in [0, 0.1) is 0 Å². The number of amides is 1. The summed E-state index contributed by atoms with van der Waals surface area (Å²) < 4.78 is 6.80. The molecule has 0 aliphatic carbocycles. The Morgan fingerprint density at radius 3 is 2.62 bits per heavy atom. The topological polar surface area (TPSA) is 115 Å². The highest BCUT2D eigenvalue weighted by Gasteiger charge is 2.22. The molecule has 8 heteroatoms. The van der Waals surface area contributed by atoms with Gasteiger partial charge in [-0.05, 0) is 11.6 Å². The Morgan fingerprint density at radius 1 is 1.14 bits per heavy atom. The molecule has 0 bridgehead atoms. The Kier molecular flexibility index (Phi) is 4.74. The second-order valence-electron chi connectivity index (χ2n) is 6.44. The van der Waals surface area contributed by atoms with E-state index in [4.69, 9.17) is 10.5 Å². The molecule has 0 aliphatic rings. The molecule has 29 heavy (non-hydrogen) atoms. The molecule has 4 aromatic rings. The summed E-state index contributed by atoms with van der Waals surface area (Å²) in [4.78, 5) is 27.2. The van der Waals surface area contributed by atoms with Gasteiger partial charge in [0.05, 0.1) is 13.2 Å². The van der Waals surface area contributed by atoms with E-state index in [2.05, 4.69) is 15.4 Å². The largest absolute Gasteiger partial charge is 0.496 e. The highest BCUT2D eigenvalue weighted by molar-refractivity contribution is 5.94. The summed E-state index contributed by atoms with van der Waals surface area (Å²) in [6.45, 7) is 0. The highest BCUT2D eigenvalue weighted by Crippen LogP contribution is 2.30. The number of benzene rings is 2. The van der Waals surface area contributed by atoms with E-state index in [9.17, 15) is 9.59 Å². The predicted molar refractivity (Wildman–Crippen MR) is 109 cm³/mol. The Balaban J connectivity index is 1.74.